The average Bonchev–Trinajstić information content (AvgIpc) is 3.27. The van der Waals surface area contributed by atoms with E-state index in [0.29, 0.717) is 6.54 Å². The van der Waals surface area contributed by atoms with Crippen LogP contribution in [0.2, 0.25) is 0 Å². The number of rotatable bonds is 5. The van der Waals surface area contributed by atoms with E-state index in [0.717, 1.165) is 55.3 Å². The van der Waals surface area contributed by atoms with E-state index in [1.54, 1.807) is 11.6 Å². The van der Waals surface area contributed by atoms with Crippen LogP contribution in [0.5, 0.6) is 0 Å². The van der Waals surface area contributed by atoms with E-state index in [1.807, 2.05) is 43.3 Å². The third-order valence-corrected chi connectivity index (χ3v) is 5.23. The number of piperidine rings is 1. The van der Waals surface area contributed by atoms with Gasteiger partial charge in [-0.25, -0.2) is 9.48 Å². The first-order valence-corrected chi connectivity index (χ1v) is 9.52. The monoisotopic (exact) mass is 367 g/mol. The molecule has 27 heavy (non-hydrogen) atoms. The van der Waals surface area contributed by atoms with Crippen molar-refractivity contribution in [3.05, 3.63) is 58.5 Å². The minimum atomic E-state index is -0.0349. The summed E-state index contributed by atoms with van der Waals surface area (Å²) in [6.07, 6.45) is 2.14. The molecule has 1 aliphatic heterocycles. The molecule has 1 fully saturated rings. The van der Waals surface area contributed by atoms with Crippen molar-refractivity contribution in [3.63, 3.8) is 0 Å². The van der Waals surface area contributed by atoms with E-state index < -0.39 is 0 Å². The van der Waals surface area contributed by atoms with Crippen LogP contribution in [0.3, 0.4) is 0 Å². The van der Waals surface area contributed by atoms with Crippen LogP contribution in [-0.4, -0.2) is 37.5 Å². The maximum atomic E-state index is 12.2. The van der Waals surface area contributed by atoms with Gasteiger partial charge in [0.05, 0.1) is 6.54 Å². The summed E-state index contributed by atoms with van der Waals surface area (Å²) < 4.78 is 8.80. The van der Waals surface area contributed by atoms with E-state index in [2.05, 4.69) is 15.2 Å². The van der Waals surface area contributed by atoms with Crippen LogP contribution in [0.15, 0.2) is 45.7 Å². The zero-order valence-electron chi connectivity index (χ0n) is 15.8. The molecular weight excluding hydrogens is 342 g/mol. The first-order chi connectivity index (χ1) is 13.2. The van der Waals surface area contributed by atoms with Gasteiger partial charge in [0.1, 0.15) is 11.5 Å². The second-order valence-corrected chi connectivity index (χ2v) is 7.13. The Morgan fingerprint density at radius 1 is 1.26 bits per heavy atom. The molecule has 2 aromatic heterocycles. The van der Waals surface area contributed by atoms with E-state index in [-0.39, 0.29) is 11.6 Å². The zero-order chi connectivity index (χ0) is 18.8. The first-order valence-electron chi connectivity index (χ1n) is 9.52. The number of nitrogens with zero attached hydrogens (tertiary/aromatic N) is 5. The molecule has 0 N–H and O–H groups in total. The summed E-state index contributed by atoms with van der Waals surface area (Å²) >= 11 is 0. The van der Waals surface area contributed by atoms with Crippen molar-refractivity contribution in [2.24, 2.45) is 7.05 Å². The Kier molecular flexibility index (Phi) is 4.94. The standard InChI is InChI=1S/C20H25N5O2/c1-3-25-19(21-23(2)20(25)26)16-10-7-11-24(13-16)14-17-12-18(22-27-17)15-8-5-4-6-9-15/h4-6,8-9,12,16H,3,7,10-11,13-14H2,1-2H3/t16-/m0/s1. The molecule has 0 radical (unpaired) electrons. The second-order valence-electron chi connectivity index (χ2n) is 7.13. The average molecular weight is 367 g/mol. The van der Waals surface area contributed by atoms with Crippen molar-refractivity contribution < 1.29 is 4.52 Å². The molecule has 7 nitrogen and oxygen atoms in total. The van der Waals surface area contributed by atoms with Crippen LogP contribution in [0, 0.1) is 0 Å². The predicted molar refractivity (Wildman–Crippen MR) is 102 cm³/mol. The molecule has 0 unspecified atom stereocenters. The maximum Gasteiger partial charge on any atom is 0.345 e. The van der Waals surface area contributed by atoms with Gasteiger partial charge in [-0.2, -0.15) is 5.10 Å². The lowest BCUT2D eigenvalue weighted by Gasteiger charge is -2.31. The van der Waals surface area contributed by atoms with Crippen molar-refractivity contribution in [3.8, 4) is 11.3 Å². The van der Waals surface area contributed by atoms with E-state index in [1.165, 1.54) is 4.68 Å². The molecular formula is C20H25N5O2. The molecule has 0 aliphatic carbocycles. The summed E-state index contributed by atoms with van der Waals surface area (Å²) in [6.45, 7) is 5.26. The van der Waals surface area contributed by atoms with E-state index in [9.17, 15) is 4.79 Å². The second kappa shape index (κ2) is 7.52. The predicted octanol–water partition coefficient (Wildman–Crippen LogP) is 2.64. The highest BCUT2D eigenvalue weighted by Crippen LogP contribution is 2.27. The molecule has 4 rings (SSSR count). The Labute approximate surface area is 158 Å². The highest BCUT2D eigenvalue weighted by atomic mass is 16.5. The number of likely N-dealkylation sites (tertiary alicyclic amines) is 1. The number of hydrogen-bond donors (Lipinski definition) is 0. The Balaban J connectivity index is 1.47. The van der Waals surface area contributed by atoms with Crippen molar-refractivity contribution in [1.82, 2.24) is 24.4 Å². The Morgan fingerprint density at radius 2 is 2.07 bits per heavy atom. The van der Waals surface area contributed by atoms with Crippen molar-refractivity contribution in [2.75, 3.05) is 13.1 Å². The van der Waals surface area contributed by atoms with Crippen LogP contribution in [0.4, 0.5) is 0 Å². The highest BCUT2D eigenvalue weighted by Gasteiger charge is 2.27. The topological polar surface area (TPSA) is 69.1 Å². The lowest BCUT2D eigenvalue weighted by atomic mass is 9.97. The summed E-state index contributed by atoms with van der Waals surface area (Å²) in [5.74, 6) is 2.03. The fourth-order valence-corrected chi connectivity index (χ4v) is 3.89. The zero-order valence-corrected chi connectivity index (χ0v) is 15.8. The molecule has 1 aromatic carbocycles. The molecule has 142 valence electrons. The quantitative estimate of drug-likeness (QED) is 0.693. The van der Waals surface area contributed by atoms with Crippen LogP contribution in [0.1, 0.15) is 37.3 Å². The molecule has 1 saturated heterocycles. The van der Waals surface area contributed by atoms with Gasteiger partial charge in [0.2, 0.25) is 0 Å². The van der Waals surface area contributed by atoms with Crippen molar-refractivity contribution >= 4 is 0 Å². The van der Waals surface area contributed by atoms with Gasteiger partial charge in [-0.1, -0.05) is 35.5 Å². The summed E-state index contributed by atoms with van der Waals surface area (Å²) in [6, 6.07) is 12.1. The molecule has 0 spiro atoms. The number of aromatic nitrogens is 4. The van der Waals surface area contributed by atoms with E-state index in [4.69, 9.17) is 4.52 Å². The minimum Gasteiger partial charge on any atom is -0.359 e. The van der Waals surface area contributed by atoms with Gasteiger partial charge in [-0.3, -0.25) is 9.47 Å². The largest absolute Gasteiger partial charge is 0.359 e. The van der Waals surface area contributed by atoms with E-state index >= 15 is 0 Å². The number of aryl methyl sites for hydroxylation is 1. The van der Waals surface area contributed by atoms with Gasteiger partial charge in [-0.05, 0) is 26.3 Å². The molecule has 0 amide bonds. The van der Waals surface area contributed by atoms with Gasteiger partial charge in [0.25, 0.3) is 0 Å². The fourth-order valence-electron chi connectivity index (χ4n) is 3.89. The van der Waals surface area contributed by atoms with Crippen molar-refractivity contribution in [2.45, 2.75) is 38.8 Å². The van der Waals surface area contributed by atoms with Gasteiger partial charge in [-0.15, -0.1) is 0 Å². The molecule has 3 heterocycles. The lowest BCUT2D eigenvalue weighted by molar-refractivity contribution is 0.175. The van der Waals surface area contributed by atoms with Crippen LogP contribution < -0.4 is 5.69 Å². The normalized spacial score (nSPS) is 18.1. The van der Waals surface area contributed by atoms with Gasteiger partial charge in [0, 0.05) is 37.7 Å². The van der Waals surface area contributed by atoms with Gasteiger partial charge < -0.3 is 4.52 Å². The molecule has 0 bridgehead atoms. The Bertz CT molecular complexity index is 956. The van der Waals surface area contributed by atoms with Gasteiger partial charge in [0.15, 0.2) is 5.76 Å². The maximum absolute atomic E-state index is 12.2. The van der Waals surface area contributed by atoms with Crippen LogP contribution >= 0.6 is 0 Å². The first kappa shape index (κ1) is 17.7. The summed E-state index contributed by atoms with van der Waals surface area (Å²) in [7, 11) is 1.72. The van der Waals surface area contributed by atoms with Crippen LogP contribution in [-0.2, 0) is 20.1 Å². The fraction of sp³-hybridized carbons (Fsp3) is 0.450. The highest BCUT2D eigenvalue weighted by molar-refractivity contribution is 5.58. The lowest BCUT2D eigenvalue weighted by Crippen LogP contribution is -2.35. The molecule has 3 aromatic rings. The minimum absolute atomic E-state index is 0.0349. The Hall–Kier alpha value is -2.67. The Morgan fingerprint density at radius 3 is 2.85 bits per heavy atom. The SMILES string of the molecule is CCn1c([C@H]2CCCN(Cc3cc(-c4ccccc4)no3)C2)nn(C)c1=O. The number of benzene rings is 1. The van der Waals surface area contributed by atoms with Crippen molar-refractivity contribution in [1.29, 1.82) is 0 Å². The molecule has 1 atom stereocenters. The molecule has 0 saturated carbocycles. The molecule has 7 heteroatoms. The van der Waals surface area contributed by atoms with Crippen LogP contribution in [0.25, 0.3) is 11.3 Å². The summed E-state index contributed by atoms with van der Waals surface area (Å²) in [5, 5.41) is 8.70. The van der Waals surface area contributed by atoms with Gasteiger partial charge >= 0.3 is 5.69 Å². The third kappa shape index (κ3) is 3.60. The third-order valence-electron chi connectivity index (χ3n) is 5.23. The molecule has 1 aliphatic rings. The smallest absolute Gasteiger partial charge is 0.345 e. The number of hydrogen-bond acceptors (Lipinski definition) is 5. The summed E-state index contributed by atoms with van der Waals surface area (Å²) in [4.78, 5) is 14.6. The summed E-state index contributed by atoms with van der Waals surface area (Å²) in [5.41, 5.74) is 1.89.